The first-order valence-electron chi connectivity index (χ1n) is 8.00. The highest BCUT2D eigenvalue weighted by Gasteiger charge is 2.34. The van der Waals surface area contributed by atoms with Crippen molar-refractivity contribution in [2.75, 3.05) is 46.0 Å². The van der Waals surface area contributed by atoms with Gasteiger partial charge in [-0.15, -0.1) is 0 Å². The summed E-state index contributed by atoms with van der Waals surface area (Å²) < 4.78 is 11.6. The van der Waals surface area contributed by atoms with Gasteiger partial charge in [0.25, 0.3) is 0 Å². The first kappa shape index (κ1) is 15.2. The van der Waals surface area contributed by atoms with Gasteiger partial charge in [-0.25, -0.2) is 0 Å². The molecule has 3 unspecified atom stereocenters. The molecule has 0 radical (unpaired) electrons. The number of rotatable bonds is 7. The summed E-state index contributed by atoms with van der Waals surface area (Å²) in [7, 11) is 0. The molecule has 0 saturated carbocycles. The Labute approximate surface area is 117 Å². The summed E-state index contributed by atoms with van der Waals surface area (Å²) in [5.74, 6) is 0.623. The lowest BCUT2D eigenvalue weighted by Crippen LogP contribution is -2.55. The Bertz CT molecular complexity index is 242. The Morgan fingerprint density at radius 3 is 2.84 bits per heavy atom. The summed E-state index contributed by atoms with van der Waals surface area (Å²) in [4.78, 5) is 2.55. The van der Waals surface area contributed by atoms with Gasteiger partial charge in [0.15, 0.2) is 0 Å². The summed E-state index contributed by atoms with van der Waals surface area (Å²) in [6.07, 6.45) is 3.91. The van der Waals surface area contributed by atoms with Gasteiger partial charge in [0.05, 0.1) is 19.3 Å². The van der Waals surface area contributed by atoms with Crippen LogP contribution in [-0.4, -0.2) is 63.0 Å². The van der Waals surface area contributed by atoms with E-state index in [0.717, 1.165) is 39.5 Å². The zero-order valence-electron chi connectivity index (χ0n) is 12.6. The van der Waals surface area contributed by atoms with Crippen LogP contribution in [0, 0.1) is 5.92 Å². The quantitative estimate of drug-likeness (QED) is 0.760. The van der Waals surface area contributed by atoms with E-state index in [4.69, 9.17) is 9.47 Å². The molecule has 2 heterocycles. The largest absolute Gasteiger partial charge is 0.381 e. The van der Waals surface area contributed by atoms with Gasteiger partial charge >= 0.3 is 0 Å². The molecule has 2 saturated heterocycles. The maximum atomic E-state index is 6.07. The van der Waals surface area contributed by atoms with Crippen LogP contribution in [0.3, 0.4) is 0 Å². The van der Waals surface area contributed by atoms with Crippen LogP contribution in [0.2, 0.25) is 0 Å². The number of morpholine rings is 1. The van der Waals surface area contributed by atoms with Crippen molar-refractivity contribution < 1.29 is 9.47 Å². The minimum atomic E-state index is 0.332. The van der Waals surface area contributed by atoms with E-state index in [2.05, 4.69) is 24.1 Å². The van der Waals surface area contributed by atoms with Crippen molar-refractivity contribution in [1.82, 2.24) is 10.2 Å². The fourth-order valence-corrected chi connectivity index (χ4v) is 3.22. The Hall–Kier alpha value is -0.160. The van der Waals surface area contributed by atoms with Crippen molar-refractivity contribution in [3.05, 3.63) is 0 Å². The minimum absolute atomic E-state index is 0.332. The zero-order valence-corrected chi connectivity index (χ0v) is 12.6. The van der Waals surface area contributed by atoms with Gasteiger partial charge in [-0.3, -0.25) is 4.90 Å². The van der Waals surface area contributed by atoms with Crippen LogP contribution >= 0.6 is 0 Å². The van der Waals surface area contributed by atoms with E-state index >= 15 is 0 Å². The van der Waals surface area contributed by atoms with Crippen LogP contribution in [0.25, 0.3) is 0 Å². The molecule has 2 fully saturated rings. The van der Waals surface area contributed by atoms with Crippen LogP contribution in [0.15, 0.2) is 0 Å². The molecule has 2 aliphatic rings. The fourth-order valence-electron chi connectivity index (χ4n) is 3.22. The number of hydrogen-bond acceptors (Lipinski definition) is 4. The lowest BCUT2D eigenvalue weighted by atomic mass is 9.93. The number of ether oxygens (including phenoxy) is 2. The van der Waals surface area contributed by atoms with Crippen molar-refractivity contribution >= 4 is 0 Å². The highest BCUT2D eigenvalue weighted by Crippen LogP contribution is 2.22. The summed E-state index contributed by atoms with van der Waals surface area (Å²) in [5, 5.41) is 3.71. The van der Waals surface area contributed by atoms with E-state index in [9.17, 15) is 0 Å². The molecule has 1 N–H and O–H groups in total. The molecule has 4 nitrogen and oxygen atoms in total. The lowest BCUT2D eigenvalue weighted by molar-refractivity contribution is -0.0568. The van der Waals surface area contributed by atoms with Gasteiger partial charge in [0.1, 0.15) is 0 Å². The molecule has 4 heteroatoms. The Balaban J connectivity index is 1.91. The standard InChI is InChI=1S/C15H30N2O2/c1-3-6-16-15(13-5-9-18-12-13)14-11-17(7-4-2)8-10-19-14/h13-16H,3-12H2,1-2H3. The van der Waals surface area contributed by atoms with Gasteiger partial charge in [-0.05, 0) is 32.4 Å². The highest BCUT2D eigenvalue weighted by atomic mass is 16.5. The molecule has 0 spiro atoms. The highest BCUT2D eigenvalue weighted by molar-refractivity contribution is 4.89. The van der Waals surface area contributed by atoms with E-state index in [1.807, 2.05) is 0 Å². The molecule has 0 aromatic carbocycles. The zero-order chi connectivity index (χ0) is 13.5. The number of nitrogens with one attached hydrogen (secondary N) is 1. The maximum Gasteiger partial charge on any atom is 0.0858 e. The van der Waals surface area contributed by atoms with Crippen LogP contribution in [0.4, 0.5) is 0 Å². The van der Waals surface area contributed by atoms with Gasteiger partial charge in [-0.2, -0.15) is 0 Å². The number of hydrogen-bond donors (Lipinski definition) is 1. The predicted octanol–water partition coefficient (Wildman–Crippen LogP) is 1.50. The topological polar surface area (TPSA) is 33.7 Å². The molecule has 112 valence electrons. The van der Waals surface area contributed by atoms with Crippen LogP contribution in [-0.2, 0) is 9.47 Å². The summed E-state index contributed by atoms with van der Waals surface area (Å²) in [6.45, 7) is 11.6. The fraction of sp³-hybridized carbons (Fsp3) is 1.00. The van der Waals surface area contributed by atoms with E-state index in [1.165, 1.54) is 25.8 Å². The van der Waals surface area contributed by atoms with Gasteiger partial charge in [0, 0.05) is 31.7 Å². The van der Waals surface area contributed by atoms with Crippen molar-refractivity contribution in [2.24, 2.45) is 5.92 Å². The predicted molar refractivity (Wildman–Crippen MR) is 77.5 cm³/mol. The molecular weight excluding hydrogens is 240 g/mol. The third-order valence-corrected chi connectivity index (χ3v) is 4.22. The lowest BCUT2D eigenvalue weighted by Gasteiger charge is -2.39. The van der Waals surface area contributed by atoms with Crippen LogP contribution in [0.1, 0.15) is 33.1 Å². The Morgan fingerprint density at radius 2 is 2.16 bits per heavy atom. The summed E-state index contributed by atoms with van der Waals surface area (Å²) in [6, 6.07) is 0.460. The molecule has 2 aliphatic heterocycles. The molecule has 0 bridgehead atoms. The Kier molecular flexibility index (Phi) is 6.57. The van der Waals surface area contributed by atoms with Crippen LogP contribution in [0.5, 0.6) is 0 Å². The molecule has 0 aromatic heterocycles. The second kappa shape index (κ2) is 8.20. The average molecular weight is 270 g/mol. The van der Waals surface area contributed by atoms with Crippen molar-refractivity contribution in [1.29, 1.82) is 0 Å². The van der Waals surface area contributed by atoms with Gasteiger partial charge < -0.3 is 14.8 Å². The normalized spacial score (nSPS) is 30.6. The molecular formula is C15H30N2O2. The van der Waals surface area contributed by atoms with Crippen molar-refractivity contribution in [2.45, 2.75) is 45.3 Å². The van der Waals surface area contributed by atoms with Crippen molar-refractivity contribution in [3.8, 4) is 0 Å². The summed E-state index contributed by atoms with van der Waals surface area (Å²) in [5.41, 5.74) is 0. The molecule has 0 amide bonds. The average Bonchev–Trinajstić information content (AvgIpc) is 2.94. The van der Waals surface area contributed by atoms with Crippen LogP contribution < -0.4 is 5.32 Å². The second-order valence-corrected chi connectivity index (χ2v) is 5.81. The monoisotopic (exact) mass is 270 g/mol. The van der Waals surface area contributed by atoms with E-state index in [0.29, 0.717) is 18.1 Å². The second-order valence-electron chi connectivity index (χ2n) is 5.81. The molecule has 2 rings (SSSR count). The molecule has 0 aliphatic carbocycles. The van der Waals surface area contributed by atoms with E-state index in [-0.39, 0.29) is 0 Å². The smallest absolute Gasteiger partial charge is 0.0858 e. The van der Waals surface area contributed by atoms with E-state index < -0.39 is 0 Å². The van der Waals surface area contributed by atoms with Crippen molar-refractivity contribution in [3.63, 3.8) is 0 Å². The van der Waals surface area contributed by atoms with E-state index in [1.54, 1.807) is 0 Å². The molecule has 0 aromatic rings. The SMILES string of the molecule is CCCNC(C1CCOC1)C1CN(CCC)CCO1. The maximum absolute atomic E-state index is 6.07. The summed E-state index contributed by atoms with van der Waals surface area (Å²) >= 11 is 0. The third kappa shape index (κ3) is 4.42. The number of nitrogens with zero attached hydrogens (tertiary/aromatic N) is 1. The van der Waals surface area contributed by atoms with Gasteiger partial charge in [-0.1, -0.05) is 13.8 Å². The molecule has 3 atom stereocenters. The minimum Gasteiger partial charge on any atom is -0.381 e. The first-order valence-corrected chi connectivity index (χ1v) is 8.00. The third-order valence-electron chi connectivity index (χ3n) is 4.22. The molecule has 19 heavy (non-hydrogen) atoms. The van der Waals surface area contributed by atoms with Gasteiger partial charge in [0.2, 0.25) is 0 Å². The first-order chi connectivity index (χ1) is 9.35. The Morgan fingerprint density at radius 1 is 1.26 bits per heavy atom.